The van der Waals surface area contributed by atoms with Gasteiger partial charge in [-0.25, -0.2) is 4.79 Å². The van der Waals surface area contributed by atoms with E-state index in [2.05, 4.69) is 15.9 Å². The van der Waals surface area contributed by atoms with Crippen LogP contribution in [0.3, 0.4) is 0 Å². The van der Waals surface area contributed by atoms with Crippen molar-refractivity contribution in [1.29, 1.82) is 0 Å². The molecule has 4 heteroatoms. The lowest BCUT2D eigenvalue weighted by Gasteiger charge is -2.31. The summed E-state index contributed by atoms with van der Waals surface area (Å²) >= 11 is 3.38. The molecule has 1 atom stereocenters. The maximum atomic E-state index is 11.2. The van der Waals surface area contributed by atoms with E-state index in [9.17, 15) is 9.90 Å². The number of aliphatic carboxylic acids is 1. The van der Waals surface area contributed by atoms with Crippen molar-refractivity contribution in [1.82, 2.24) is 0 Å². The second kappa shape index (κ2) is 3.61. The van der Waals surface area contributed by atoms with Gasteiger partial charge in [-0.15, -0.1) is 0 Å². The number of carboxylic acid groups (broad SMARTS) is 1. The molecule has 2 rings (SSSR count). The maximum Gasteiger partial charge on any atom is 0.328 e. The predicted molar refractivity (Wildman–Crippen MR) is 60.6 cm³/mol. The summed E-state index contributed by atoms with van der Waals surface area (Å²) in [6, 6.07) is 5.61. The van der Waals surface area contributed by atoms with Gasteiger partial charge in [0, 0.05) is 4.47 Å². The van der Waals surface area contributed by atoms with Crippen LogP contribution in [0.25, 0.3) is 0 Å². The Morgan fingerprint density at radius 1 is 1.53 bits per heavy atom. The van der Waals surface area contributed by atoms with E-state index in [-0.39, 0.29) is 0 Å². The molecule has 1 aromatic carbocycles. The molecule has 0 amide bonds. The Balaban J connectivity index is 2.56. The fourth-order valence-corrected chi connectivity index (χ4v) is 2.53. The quantitative estimate of drug-likeness (QED) is 0.820. The van der Waals surface area contributed by atoms with Crippen LogP contribution >= 0.6 is 15.9 Å². The second-order valence-corrected chi connectivity index (χ2v) is 4.85. The first kappa shape index (κ1) is 10.6. The van der Waals surface area contributed by atoms with Crippen molar-refractivity contribution < 1.29 is 9.90 Å². The van der Waals surface area contributed by atoms with Crippen LogP contribution in [0.1, 0.15) is 24.0 Å². The lowest BCUT2D eigenvalue weighted by molar-refractivity contribution is -0.144. The predicted octanol–water partition coefficient (Wildman–Crippen LogP) is 2.02. The van der Waals surface area contributed by atoms with E-state index in [0.717, 1.165) is 28.4 Å². The number of aryl methyl sites for hydroxylation is 1. The fraction of sp³-hybridized carbons (Fsp3) is 0.364. The number of rotatable bonds is 1. The number of carboxylic acids is 1. The van der Waals surface area contributed by atoms with E-state index in [1.165, 1.54) is 0 Å². The van der Waals surface area contributed by atoms with Crippen molar-refractivity contribution in [2.75, 3.05) is 0 Å². The first-order valence-electron chi connectivity index (χ1n) is 4.85. The molecule has 0 unspecified atom stereocenters. The molecule has 0 radical (unpaired) electrons. The Kier molecular flexibility index (Phi) is 2.56. The summed E-state index contributed by atoms with van der Waals surface area (Å²) in [5.74, 6) is -0.939. The largest absolute Gasteiger partial charge is 0.480 e. The topological polar surface area (TPSA) is 63.3 Å². The molecule has 0 spiro atoms. The highest BCUT2D eigenvalue weighted by Gasteiger charge is 2.39. The normalized spacial score (nSPS) is 24.7. The molecule has 0 bridgehead atoms. The van der Waals surface area contributed by atoms with Crippen LogP contribution < -0.4 is 5.73 Å². The van der Waals surface area contributed by atoms with Gasteiger partial charge in [-0.2, -0.15) is 0 Å². The van der Waals surface area contributed by atoms with Crippen LogP contribution in [0.15, 0.2) is 22.7 Å². The summed E-state index contributed by atoms with van der Waals surface area (Å²) in [5, 5.41) is 9.18. The van der Waals surface area contributed by atoms with Gasteiger partial charge in [0.1, 0.15) is 5.54 Å². The molecule has 0 aromatic heterocycles. The van der Waals surface area contributed by atoms with Crippen LogP contribution in [0.4, 0.5) is 0 Å². The summed E-state index contributed by atoms with van der Waals surface area (Å²) in [5.41, 5.74) is 6.54. The highest BCUT2D eigenvalue weighted by Crippen LogP contribution is 2.34. The third kappa shape index (κ3) is 1.68. The zero-order valence-electron chi connectivity index (χ0n) is 8.16. The molecule has 0 fully saturated rings. The maximum absolute atomic E-state index is 11.2. The molecule has 1 aliphatic rings. The van der Waals surface area contributed by atoms with E-state index in [4.69, 9.17) is 5.73 Å². The Bertz CT molecular complexity index is 419. The Morgan fingerprint density at radius 2 is 2.27 bits per heavy atom. The van der Waals surface area contributed by atoms with Gasteiger partial charge in [-0.05, 0) is 42.5 Å². The van der Waals surface area contributed by atoms with E-state index in [1.807, 2.05) is 18.2 Å². The number of hydrogen-bond acceptors (Lipinski definition) is 2. The summed E-state index contributed by atoms with van der Waals surface area (Å²) < 4.78 is 0.968. The lowest BCUT2D eigenvalue weighted by atomic mass is 9.77. The minimum absolute atomic E-state index is 0.511. The van der Waals surface area contributed by atoms with Crippen LogP contribution in [-0.4, -0.2) is 11.1 Å². The van der Waals surface area contributed by atoms with Crippen LogP contribution in [-0.2, 0) is 16.8 Å². The van der Waals surface area contributed by atoms with Crippen LogP contribution in [0.2, 0.25) is 0 Å². The minimum atomic E-state index is -1.20. The molecule has 3 nitrogen and oxygen atoms in total. The van der Waals surface area contributed by atoms with Crippen molar-refractivity contribution in [3.63, 3.8) is 0 Å². The number of halogens is 1. The van der Waals surface area contributed by atoms with Gasteiger partial charge >= 0.3 is 5.97 Å². The number of nitrogens with two attached hydrogens (primary N) is 1. The average molecular weight is 270 g/mol. The van der Waals surface area contributed by atoms with Gasteiger partial charge in [-0.1, -0.05) is 22.0 Å². The number of fused-ring (bicyclic) bond motifs is 1. The molecule has 1 aromatic rings. The van der Waals surface area contributed by atoms with Gasteiger partial charge < -0.3 is 10.8 Å². The summed E-state index contributed by atoms with van der Waals surface area (Å²) in [6.45, 7) is 0. The molecular weight excluding hydrogens is 258 g/mol. The van der Waals surface area contributed by atoms with Gasteiger partial charge in [0.15, 0.2) is 0 Å². The highest BCUT2D eigenvalue weighted by atomic mass is 79.9. The summed E-state index contributed by atoms with van der Waals surface area (Å²) in [4.78, 5) is 11.2. The Morgan fingerprint density at radius 3 is 2.93 bits per heavy atom. The van der Waals surface area contributed by atoms with Crippen LogP contribution in [0.5, 0.6) is 0 Å². The van der Waals surface area contributed by atoms with E-state index < -0.39 is 11.5 Å². The number of benzene rings is 1. The molecule has 80 valence electrons. The molecule has 0 heterocycles. The SMILES string of the molecule is N[C@]1(C(=O)O)CCCc2cc(Br)ccc21. The number of hydrogen-bond donors (Lipinski definition) is 2. The van der Waals surface area contributed by atoms with E-state index >= 15 is 0 Å². The molecule has 0 saturated carbocycles. The van der Waals surface area contributed by atoms with Crippen molar-refractivity contribution in [2.45, 2.75) is 24.8 Å². The average Bonchev–Trinajstić information content (AvgIpc) is 2.17. The van der Waals surface area contributed by atoms with E-state index in [0.29, 0.717) is 6.42 Å². The first-order valence-corrected chi connectivity index (χ1v) is 5.64. The highest BCUT2D eigenvalue weighted by molar-refractivity contribution is 9.10. The zero-order valence-corrected chi connectivity index (χ0v) is 9.75. The molecule has 0 aliphatic heterocycles. The monoisotopic (exact) mass is 269 g/mol. The summed E-state index contributed by atoms with van der Waals surface area (Å²) in [6.07, 6.45) is 2.24. The Hall–Kier alpha value is -0.870. The van der Waals surface area contributed by atoms with E-state index in [1.54, 1.807) is 0 Å². The van der Waals surface area contributed by atoms with Crippen molar-refractivity contribution in [3.8, 4) is 0 Å². The van der Waals surface area contributed by atoms with Gasteiger partial charge in [0.2, 0.25) is 0 Å². The summed E-state index contributed by atoms with van der Waals surface area (Å²) in [7, 11) is 0. The smallest absolute Gasteiger partial charge is 0.328 e. The third-order valence-corrected chi connectivity index (χ3v) is 3.44. The van der Waals surface area contributed by atoms with Gasteiger partial charge in [0.05, 0.1) is 0 Å². The molecule has 3 N–H and O–H groups in total. The first-order chi connectivity index (χ1) is 7.04. The van der Waals surface area contributed by atoms with Gasteiger partial charge in [-0.3, -0.25) is 0 Å². The second-order valence-electron chi connectivity index (χ2n) is 3.93. The molecular formula is C11H12BrNO2. The molecule has 0 saturated heterocycles. The molecule has 15 heavy (non-hydrogen) atoms. The lowest BCUT2D eigenvalue weighted by Crippen LogP contribution is -2.47. The van der Waals surface area contributed by atoms with Crippen molar-refractivity contribution >= 4 is 21.9 Å². The third-order valence-electron chi connectivity index (χ3n) is 2.95. The zero-order chi connectivity index (χ0) is 11.1. The number of carbonyl (C=O) groups is 1. The minimum Gasteiger partial charge on any atom is -0.480 e. The van der Waals surface area contributed by atoms with Crippen LogP contribution in [0, 0.1) is 0 Å². The van der Waals surface area contributed by atoms with Crippen molar-refractivity contribution in [2.24, 2.45) is 5.73 Å². The standard InChI is InChI=1S/C11H12BrNO2/c12-8-3-4-9-7(6-8)2-1-5-11(9,13)10(14)15/h3-4,6H,1-2,5,13H2,(H,14,15)/t11-/m1/s1. The van der Waals surface area contributed by atoms with Gasteiger partial charge in [0.25, 0.3) is 0 Å². The fourth-order valence-electron chi connectivity index (χ4n) is 2.12. The van der Waals surface area contributed by atoms with Crippen molar-refractivity contribution in [3.05, 3.63) is 33.8 Å². The molecule has 1 aliphatic carbocycles. The Labute approximate surface area is 96.4 Å².